The van der Waals surface area contributed by atoms with E-state index >= 15 is 0 Å². The summed E-state index contributed by atoms with van der Waals surface area (Å²) in [6.07, 6.45) is 33.8. The largest absolute Gasteiger partial charge is 0.481 e. The molecule has 0 bridgehead atoms. The lowest BCUT2D eigenvalue weighted by atomic mass is 10.0. The van der Waals surface area contributed by atoms with E-state index < -0.39 is 5.97 Å². The number of rotatable bonds is 25. The molecule has 3 heteroatoms. The maximum absolute atomic E-state index is 10.3. The molecule has 0 heterocycles. The van der Waals surface area contributed by atoms with Crippen molar-refractivity contribution in [3.8, 4) is 0 Å². The number of hydrogen-bond acceptors (Lipinski definition) is 2. The number of carboxylic acid groups (broad SMARTS) is 1. The van der Waals surface area contributed by atoms with Gasteiger partial charge in [-0.05, 0) is 19.4 Å². The summed E-state index contributed by atoms with van der Waals surface area (Å²) in [5.41, 5.74) is 5.34. The topological polar surface area (TPSA) is 63.3 Å². The van der Waals surface area contributed by atoms with Gasteiger partial charge in [0, 0.05) is 6.42 Å². The molecule has 0 radical (unpaired) electrons. The molecule has 0 aliphatic rings. The second kappa shape index (κ2) is 40.6. The quantitative estimate of drug-likeness (QED) is 0.123. The molecule has 0 rings (SSSR count). The Hall–Kier alpha value is -0.570. The van der Waals surface area contributed by atoms with Crippen LogP contribution in [0.4, 0.5) is 0 Å². The van der Waals surface area contributed by atoms with Gasteiger partial charge in [0.1, 0.15) is 0 Å². The summed E-state index contributed by atoms with van der Waals surface area (Å²) in [6, 6.07) is 0. The first-order valence-electron chi connectivity index (χ1n) is 16.0. The van der Waals surface area contributed by atoms with Gasteiger partial charge in [-0.25, -0.2) is 0 Å². The van der Waals surface area contributed by atoms with Crippen molar-refractivity contribution >= 4 is 5.97 Å². The molecule has 0 aromatic carbocycles. The van der Waals surface area contributed by atoms with Gasteiger partial charge in [0.25, 0.3) is 0 Å². The number of nitrogens with two attached hydrogens (primary N) is 1. The molecule has 3 N–H and O–H groups in total. The van der Waals surface area contributed by atoms with Crippen LogP contribution in [0.1, 0.15) is 195 Å². The molecule has 0 unspecified atom stereocenters. The minimum Gasteiger partial charge on any atom is -0.481 e. The Labute approximate surface area is 222 Å². The van der Waals surface area contributed by atoms with Crippen molar-refractivity contribution in [3.05, 3.63) is 0 Å². The van der Waals surface area contributed by atoms with Crippen molar-refractivity contribution in [2.45, 2.75) is 195 Å². The molecule has 0 fully saturated rings. The van der Waals surface area contributed by atoms with Gasteiger partial charge in [0.05, 0.1) is 0 Å². The van der Waals surface area contributed by atoms with Crippen LogP contribution in [0, 0.1) is 0 Å². The highest BCUT2D eigenvalue weighted by atomic mass is 16.4. The van der Waals surface area contributed by atoms with E-state index in [-0.39, 0.29) is 0 Å². The first-order chi connectivity index (χ1) is 17.1. The zero-order valence-electron chi connectivity index (χ0n) is 25.0. The van der Waals surface area contributed by atoms with E-state index in [2.05, 4.69) is 27.7 Å². The molecule has 0 saturated carbocycles. The summed E-state index contributed by atoms with van der Waals surface area (Å²) < 4.78 is 0. The highest BCUT2D eigenvalue weighted by molar-refractivity contribution is 5.66. The van der Waals surface area contributed by atoms with Crippen molar-refractivity contribution in [3.63, 3.8) is 0 Å². The van der Waals surface area contributed by atoms with E-state index in [9.17, 15) is 4.79 Å². The molecule has 0 atom stereocenters. The molecule has 35 heavy (non-hydrogen) atoms. The number of hydrogen-bond donors (Lipinski definition) is 2. The fourth-order valence-corrected chi connectivity index (χ4v) is 4.07. The third-order valence-corrected chi connectivity index (χ3v) is 6.51. The van der Waals surface area contributed by atoms with Crippen molar-refractivity contribution in [1.82, 2.24) is 0 Å². The monoisotopic (exact) mass is 500 g/mol. The summed E-state index contributed by atoms with van der Waals surface area (Å²) in [5.74, 6) is -0.653. The lowest BCUT2D eigenvalue weighted by Crippen LogP contribution is -1.97. The lowest BCUT2D eigenvalue weighted by molar-refractivity contribution is -0.137. The zero-order valence-corrected chi connectivity index (χ0v) is 25.0. The van der Waals surface area contributed by atoms with Gasteiger partial charge in [0.2, 0.25) is 0 Å². The first kappa shape index (κ1) is 39.0. The van der Waals surface area contributed by atoms with Gasteiger partial charge in [-0.15, -0.1) is 0 Å². The number of carbonyl (C=O) groups is 1. The fourth-order valence-electron chi connectivity index (χ4n) is 4.07. The van der Waals surface area contributed by atoms with Crippen LogP contribution in [0.15, 0.2) is 0 Å². The van der Waals surface area contributed by atoms with Crippen molar-refractivity contribution in [2.75, 3.05) is 6.54 Å². The van der Waals surface area contributed by atoms with E-state index in [0.29, 0.717) is 6.42 Å². The molecule has 0 aliphatic heterocycles. The maximum Gasteiger partial charge on any atom is 0.303 e. The Kier molecular flexibility index (Phi) is 45.2. The Morgan fingerprint density at radius 2 is 0.657 bits per heavy atom. The van der Waals surface area contributed by atoms with E-state index in [1.54, 1.807) is 0 Å². The molecule has 0 saturated heterocycles. The summed E-state index contributed by atoms with van der Waals surface area (Å²) in [6.45, 7) is 9.84. The SMILES string of the molecule is CCCCCC.CCCCCCCCCCCCCCCCCC(=O)O.CCCCCCCCN. The predicted molar refractivity (Wildman–Crippen MR) is 159 cm³/mol. The standard InChI is InChI=1S/C18H36O2.C8H19N.C6H14/c1-2-3-4-5-6-7-8-9-10-11-12-13-14-15-16-17-18(19)20;1-2-3-4-5-6-7-8-9;1-3-5-6-4-2/h2-17H2,1H3,(H,19,20);2-9H2,1H3;3-6H2,1-2H3. The van der Waals surface area contributed by atoms with Crippen LogP contribution in [0.2, 0.25) is 0 Å². The zero-order chi connectivity index (χ0) is 26.7. The van der Waals surface area contributed by atoms with Crippen LogP contribution in [0.5, 0.6) is 0 Å². The van der Waals surface area contributed by atoms with Crippen LogP contribution in [0.25, 0.3) is 0 Å². The first-order valence-corrected chi connectivity index (χ1v) is 16.0. The number of carboxylic acids is 1. The van der Waals surface area contributed by atoms with Gasteiger partial charge >= 0.3 is 5.97 Å². The van der Waals surface area contributed by atoms with Gasteiger partial charge in [0.15, 0.2) is 0 Å². The fraction of sp³-hybridized carbons (Fsp3) is 0.969. The Bertz CT molecular complexity index is 336. The molecule has 0 aliphatic carbocycles. The lowest BCUT2D eigenvalue weighted by Gasteiger charge is -2.03. The minimum atomic E-state index is -0.653. The molecular weight excluding hydrogens is 430 g/mol. The Morgan fingerprint density at radius 3 is 0.914 bits per heavy atom. The molecule has 0 aromatic rings. The summed E-state index contributed by atoms with van der Waals surface area (Å²) in [5, 5.41) is 8.52. The second-order valence-electron chi connectivity index (χ2n) is 10.4. The summed E-state index contributed by atoms with van der Waals surface area (Å²) in [4.78, 5) is 10.3. The smallest absolute Gasteiger partial charge is 0.303 e. The van der Waals surface area contributed by atoms with Crippen molar-refractivity contribution in [2.24, 2.45) is 5.73 Å². The van der Waals surface area contributed by atoms with Crippen molar-refractivity contribution < 1.29 is 9.90 Å². The molecular formula is C32H69NO2. The summed E-state index contributed by atoms with van der Waals surface area (Å²) in [7, 11) is 0. The second-order valence-corrected chi connectivity index (χ2v) is 10.4. The van der Waals surface area contributed by atoms with Gasteiger partial charge in [-0.1, -0.05) is 175 Å². The minimum absolute atomic E-state index is 0.345. The maximum atomic E-state index is 10.3. The average molecular weight is 500 g/mol. The highest BCUT2D eigenvalue weighted by Crippen LogP contribution is 2.13. The van der Waals surface area contributed by atoms with Gasteiger partial charge in [-0.3, -0.25) is 4.79 Å². The van der Waals surface area contributed by atoms with E-state index in [1.165, 1.54) is 148 Å². The molecule has 3 nitrogen and oxygen atoms in total. The molecule has 0 aromatic heterocycles. The predicted octanol–water partition coefficient (Wildman–Crippen LogP) is 11.2. The molecule has 0 amide bonds. The normalized spacial score (nSPS) is 10.3. The molecule has 214 valence electrons. The Morgan fingerprint density at radius 1 is 0.429 bits per heavy atom. The van der Waals surface area contributed by atoms with Crippen LogP contribution in [0.3, 0.4) is 0 Å². The average Bonchev–Trinajstić information content (AvgIpc) is 2.85. The van der Waals surface area contributed by atoms with E-state index in [1.807, 2.05) is 0 Å². The van der Waals surface area contributed by atoms with E-state index in [4.69, 9.17) is 10.8 Å². The molecule has 0 spiro atoms. The number of unbranched alkanes of at least 4 members (excludes halogenated alkanes) is 22. The van der Waals surface area contributed by atoms with Crippen LogP contribution in [-0.4, -0.2) is 17.6 Å². The van der Waals surface area contributed by atoms with Gasteiger partial charge in [-0.2, -0.15) is 0 Å². The third-order valence-electron chi connectivity index (χ3n) is 6.51. The van der Waals surface area contributed by atoms with Crippen LogP contribution >= 0.6 is 0 Å². The highest BCUT2D eigenvalue weighted by Gasteiger charge is 1.97. The van der Waals surface area contributed by atoms with E-state index in [0.717, 1.165) is 19.4 Å². The van der Waals surface area contributed by atoms with Gasteiger partial charge < -0.3 is 10.8 Å². The van der Waals surface area contributed by atoms with Crippen LogP contribution < -0.4 is 5.73 Å². The number of aliphatic carboxylic acids is 1. The van der Waals surface area contributed by atoms with Crippen LogP contribution in [-0.2, 0) is 4.79 Å². The summed E-state index contributed by atoms with van der Waals surface area (Å²) >= 11 is 0. The van der Waals surface area contributed by atoms with Crippen molar-refractivity contribution in [1.29, 1.82) is 0 Å². The Balaban J connectivity index is -0.000000559. The third kappa shape index (κ3) is 51.1.